The molecule has 2 amide bonds. The van der Waals surface area contributed by atoms with Crippen molar-refractivity contribution < 1.29 is 23.5 Å². The van der Waals surface area contributed by atoms with E-state index in [1.807, 2.05) is 27.7 Å². The summed E-state index contributed by atoms with van der Waals surface area (Å²) in [5.41, 5.74) is 0.275. The molecule has 0 bridgehead atoms. The molecule has 0 saturated heterocycles. The predicted octanol–water partition coefficient (Wildman–Crippen LogP) is 3.94. The molecule has 0 aliphatic carbocycles. The van der Waals surface area contributed by atoms with Crippen LogP contribution in [0.5, 0.6) is 11.5 Å². The number of para-hydroxylation sites is 2. The summed E-state index contributed by atoms with van der Waals surface area (Å²) in [6, 6.07) is 12.2. The van der Waals surface area contributed by atoms with Crippen LogP contribution in [0.4, 0.5) is 4.39 Å². The lowest BCUT2D eigenvalue weighted by atomic mass is 10.1. The maximum Gasteiger partial charge on any atom is 0.261 e. The second-order valence-electron chi connectivity index (χ2n) is 8.25. The fourth-order valence-electron chi connectivity index (χ4n) is 3.12. The molecule has 0 spiro atoms. The third-order valence-corrected chi connectivity index (χ3v) is 4.57. The van der Waals surface area contributed by atoms with Crippen molar-refractivity contribution in [3.63, 3.8) is 0 Å². The van der Waals surface area contributed by atoms with E-state index in [4.69, 9.17) is 9.47 Å². The molecule has 0 saturated carbocycles. The Morgan fingerprint density at radius 1 is 1.06 bits per heavy atom. The van der Waals surface area contributed by atoms with E-state index in [2.05, 4.69) is 5.32 Å². The van der Waals surface area contributed by atoms with Crippen LogP contribution in [-0.4, -0.2) is 42.0 Å². The van der Waals surface area contributed by atoms with Gasteiger partial charge in [0.2, 0.25) is 5.91 Å². The van der Waals surface area contributed by atoms with Crippen molar-refractivity contribution in [3.05, 3.63) is 59.9 Å². The number of carbonyl (C=O) groups is 2. The Morgan fingerprint density at radius 3 is 2.23 bits per heavy atom. The van der Waals surface area contributed by atoms with E-state index in [9.17, 15) is 14.0 Å². The van der Waals surface area contributed by atoms with Crippen LogP contribution in [-0.2, 0) is 16.1 Å². The van der Waals surface area contributed by atoms with Gasteiger partial charge in [0.1, 0.15) is 11.9 Å². The summed E-state index contributed by atoms with van der Waals surface area (Å²) >= 11 is 0. The quantitative estimate of drug-likeness (QED) is 0.655. The number of nitrogens with zero attached hydrogens (tertiary/aromatic N) is 1. The van der Waals surface area contributed by atoms with E-state index in [0.717, 1.165) is 0 Å². The molecular weight excluding hydrogens is 399 g/mol. The first-order chi connectivity index (χ1) is 14.6. The van der Waals surface area contributed by atoms with Gasteiger partial charge in [0, 0.05) is 12.1 Å². The van der Waals surface area contributed by atoms with E-state index >= 15 is 0 Å². The normalized spacial score (nSPS) is 12.1. The Labute approximate surface area is 183 Å². The molecule has 1 atom stereocenters. The standard InChI is InChI=1S/C24H31FN2O4/c1-6-19(23(29)26-24(2,3)4)27(15-17-11-13-18(25)14-12-17)22(28)16-31-21-10-8-7-9-20(21)30-5/h7-14,19H,6,15-16H2,1-5H3,(H,26,29)/t19-/m0/s1. The maximum absolute atomic E-state index is 13.3. The topological polar surface area (TPSA) is 67.9 Å². The van der Waals surface area contributed by atoms with Crippen LogP contribution in [0.3, 0.4) is 0 Å². The minimum atomic E-state index is -0.696. The van der Waals surface area contributed by atoms with E-state index in [0.29, 0.717) is 23.5 Å². The van der Waals surface area contributed by atoms with Crippen molar-refractivity contribution in [1.29, 1.82) is 0 Å². The van der Waals surface area contributed by atoms with Crippen LogP contribution in [0.25, 0.3) is 0 Å². The van der Waals surface area contributed by atoms with Gasteiger partial charge in [-0.3, -0.25) is 9.59 Å². The molecule has 7 heteroatoms. The highest BCUT2D eigenvalue weighted by atomic mass is 19.1. The fraction of sp³-hybridized carbons (Fsp3) is 0.417. The molecule has 0 aliphatic heterocycles. The Kier molecular flexibility index (Phi) is 8.42. The van der Waals surface area contributed by atoms with Gasteiger partial charge in [-0.15, -0.1) is 0 Å². The van der Waals surface area contributed by atoms with Gasteiger partial charge in [0.25, 0.3) is 5.91 Å². The highest BCUT2D eigenvalue weighted by Crippen LogP contribution is 2.26. The van der Waals surface area contributed by atoms with Gasteiger partial charge in [0.15, 0.2) is 18.1 Å². The minimum Gasteiger partial charge on any atom is -0.493 e. The molecule has 0 fully saturated rings. The largest absolute Gasteiger partial charge is 0.493 e. The van der Waals surface area contributed by atoms with Gasteiger partial charge in [-0.05, 0) is 57.0 Å². The van der Waals surface area contributed by atoms with Gasteiger partial charge in [-0.1, -0.05) is 31.2 Å². The third-order valence-electron chi connectivity index (χ3n) is 4.57. The number of benzene rings is 2. The summed E-state index contributed by atoms with van der Waals surface area (Å²) in [7, 11) is 1.52. The lowest BCUT2D eigenvalue weighted by Crippen LogP contribution is -2.54. The smallest absolute Gasteiger partial charge is 0.261 e. The van der Waals surface area contributed by atoms with Crippen LogP contribution < -0.4 is 14.8 Å². The molecule has 0 heterocycles. The van der Waals surface area contributed by atoms with Crippen molar-refractivity contribution >= 4 is 11.8 Å². The first-order valence-electron chi connectivity index (χ1n) is 10.3. The average molecular weight is 431 g/mol. The van der Waals surface area contributed by atoms with E-state index in [-0.39, 0.29) is 30.8 Å². The van der Waals surface area contributed by atoms with Gasteiger partial charge >= 0.3 is 0 Å². The number of nitrogens with one attached hydrogen (secondary N) is 1. The monoisotopic (exact) mass is 430 g/mol. The Bertz CT molecular complexity index is 878. The lowest BCUT2D eigenvalue weighted by molar-refractivity contribution is -0.143. The van der Waals surface area contributed by atoms with E-state index in [1.54, 1.807) is 36.4 Å². The van der Waals surface area contributed by atoms with Crippen molar-refractivity contribution in [2.24, 2.45) is 0 Å². The maximum atomic E-state index is 13.3. The van der Waals surface area contributed by atoms with Crippen LogP contribution in [0.15, 0.2) is 48.5 Å². The van der Waals surface area contributed by atoms with Crippen molar-refractivity contribution in [2.75, 3.05) is 13.7 Å². The van der Waals surface area contributed by atoms with Crippen molar-refractivity contribution in [2.45, 2.75) is 52.2 Å². The molecule has 2 aromatic carbocycles. The molecule has 2 aromatic rings. The van der Waals surface area contributed by atoms with Gasteiger partial charge in [0.05, 0.1) is 7.11 Å². The number of ether oxygens (including phenoxy) is 2. The third kappa shape index (κ3) is 7.27. The van der Waals surface area contributed by atoms with Gasteiger partial charge < -0.3 is 19.7 Å². The molecule has 1 N–H and O–H groups in total. The fourth-order valence-corrected chi connectivity index (χ4v) is 3.12. The van der Waals surface area contributed by atoms with Crippen LogP contribution in [0.1, 0.15) is 39.7 Å². The number of halogens is 1. The number of rotatable bonds is 9. The summed E-state index contributed by atoms with van der Waals surface area (Å²) in [5.74, 6) is -0.0160. The van der Waals surface area contributed by atoms with Crippen LogP contribution in [0, 0.1) is 5.82 Å². The second-order valence-corrected chi connectivity index (χ2v) is 8.25. The minimum absolute atomic E-state index is 0.157. The summed E-state index contributed by atoms with van der Waals surface area (Å²) < 4.78 is 24.3. The molecular formula is C24H31FN2O4. The van der Waals surface area contributed by atoms with E-state index < -0.39 is 11.6 Å². The molecule has 31 heavy (non-hydrogen) atoms. The number of hydrogen-bond donors (Lipinski definition) is 1. The van der Waals surface area contributed by atoms with Crippen LogP contribution >= 0.6 is 0 Å². The highest BCUT2D eigenvalue weighted by molar-refractivity contribution is 5.88. The molecule has 0 aliphatic rings. The zero-order valence-corrected chi connectivity index (χ0v) is 18.8. The zero-order chi connectivity index (χ0) is 23.0. The molecule has 0 aromatic heterocycles. The Balaban J connectivity index is 2.25. The Hall–Kier alpha value is -3.09. The zero-order valence-electron chi connectivity index (χ0n) is 18.8. The number of methoxy groups -OCH3 is 1. The number of carbonyl (C=O) groups excluding carboxylic acids is 2. The number of amides is 2. The van der Waals surface area contributed by atoms with Gasteiger partial charge in [-0.2, -0.15) is 0 Å². The SMILES string of the molecule is CC[C@@H](C(=O)NC(C)(C)C)N(Cc1ccc(F)cc1)C(=O)COc1ccccc1OC. The molecule has 0 unspecified atom stereocenters. The first-order valence-corrected chi connectivity index (χ1v) is 10.3. The lowest BCUT2D eigenvalue weighted by Gasteiger charge is -2.33. The molecule has 6 nitrogen and oxygen atoms in total. The Morgan fingerprint density at radius 2 is 1.68 bits per heavy atom. The van der Waals surface area contributed by atoms with Crippen molar-refractivity contribution in [3.8, 4) is 11.5 Å². The van der Waals surface area contributed by atoms with E-state index in [1.165, 1.54) is 24.1 Å². The summed E-state index contributed by atoms with van der Waals surface area (Å²) in [4.78, 5) is 27.6. The molecule has 0 radical (unpaired) electrons. The van der Waals surface area contributed by atoms with Gasteiger partial charge in [-0.25, -0.2) is 4.39 Å². The summed E-state index contributed by atoms with van der Waals surface area (Å²) in [5, 5.41) is 2.94. The molecule has 168 valence electrons. The summed E-state index contributed by atoms with van der Waals surface area (Å²) in [6.45, 7) is 7.39. The predicted molar refractivity (Wildman–Crippen MR) is 117 cm³/mol. The van der Waals surface area contributed by atoms with Crippen LogP contribution in [0.2, 0.25) is 0 Å². The van der Waals surface area contributed by atoms with Crippen molar-refractivity contribution in [1.82, 2.24) is 10.2 Å². The second kappa shape index (κ2) is 10.8. The molecule has 2 rings (SSSR count). The average Bonchev–Trinajstić information content (AvgIpc) is 2.72. The first kappa shape index (κ1) is 24.2. The summed E-state index contributed by atoms with van der Waals surface area (Å²) in [6.07, 6.45) is 0.420. The number of hydrogen-bond acceptors (Lipinski definition) is 4. The highest BCUT2D eigenvalue weighted by Gasteiger charge is 2.31.